The number of carbonyl (C=O) groups is 1. The Bertz CT molecular complexity index is 507. The number of nitrogens with one attached hydrogen (secondary N) is 1. The van der Waals surface area contributed by atoms with Gasteiger partial charge in [-0.15, -0.1) is 11.3 Å². The van der Waals surface area contributed by atoms with E-state index in [9.17, 15) is 13.2 Å². The van der Waals surface area contributed by atoms with Crippen LogP contribution in [-0.2, 0) is 9.84 Å². The fourth-order valence-electron chi connectivity index (χ4n) is 1.20. The third kappa shape index (κ3) is 4.70. The van der Waals surface area contributed by atoms with Gasteiger partial charge in [-0.1, -0.05) is 0 Å². The second kappa shape index (κ2) is 5.46. The number of hydrogen-bond acceptors (Lipinski definition) is 6. The van der Waals surface area contributed by atoms with E-state index in [1.54, 1.807) is 6.92 Å². The molecule has 17 heavy (non-hydrogen) atoms. The molecule has 0 aliphatic rings. The van der Waals surface area contributed by atoms with Gasteiger partial charge in [-0.2, -0.15) is 0 Å². The molecule has 1 aromatic heterocycles. The van der Waals surface area contributed by atoms with Gasteiger partial charge in [0.2, 0.25) is 0 Å². The number of thiazole rings is 1. The first-order valence-corrected chi connectivity index (χ1v) is 7.79. The third-order valence-corrected chi connectivity index (χ3v) is 3.93. The summed E-state index contributed by atoms with van der Waals surface area (Å²) in [6, 6.07) is 0. The summed E-state index contributed by atoms with van der Waals surface area (Å²) in [5.41, 5.74) is 0.0422. The number of nitrogens with zero attached hydrogens (tertiary/aromatic N) is 1. The van der Waals surface area contributed by atoms with Crippen molar-refractivity contribution < 1.29 is 18.3 Å². The van der Waals surface area contributed by atoms with Crippen molar-refractivity contribution in [2.24, 2.45) is 0 Å². The zero-order valence-corrected chi connectivity index (χ0v) is 11.2. The summed E-state index contributed by atoms with van der Waals surface area (Å²) in [4.78, 5) is 15.3. The Kier molecular flexibility index (Phi) is 4.47. The van der Waals surface area contributed by atoms with E-state index < -0.39 is 15.8 Å². The molecule has 0 unspecified atom stereocenters. The predicted molar refractivity (Wildman–Crippen MR) is 66.6 cm³/mol. The lowest BCUT2D eigenvalue weighted by Gasteiger charge is -2.00. The van der Waals surface area contributed by atoms with E-state index in [4.69, 9.17) is 5.11 Å². The van der Waals surface area contributed by atoms with Crippen LogP contribution in [0.1, 0.15) is 21.8 Å². The summed E-state index contributed by atoms with van der Waals surface area (Å²) in [7, 11) is -2.95. The molecular formula is C9H14N2O4S2. The second-order valence-electron chi connectivity index (χ2n) is 3.64. The van der Waals surface area contributed by atoms with Crippen LogP contribution < -0.4 is 5.32 Å². The number of rotatable bonds is 6. The number of hydrogen-bond donors (Lipinski definition) is 2. The Balaban J connectivity index is 2.48. The quantitative estimate of drug-likeness (QED) is 0.753. The van der Waals surface area contributed by atoms with E-state index in [0.29, 0.717) is 23.0 Å². The smallest absolute Gasteiger partial charge is 0.355 e. The molecule has 0 atom stereocenters. The van der Waals surface area contributed by atoms with Gasteiger partial charge in [0.1, 0.15) is 9.84 Å². The van der Waals surface area contributed by atoms with Crippen LogP contribution in [0.4, 0.5) is 5.13 Å². The maximum atomic E-state index is 10.9. The van der Waals surface area contributed by atoms with Crippen LogP contribution in [0.2, 0.25) is 0 Å². The molecule has 0 fully saturated rings. The molecule has 0 bridgehead atoms. The molecule has 0 saturated carbocycles. The molecule has 8 heteroatoms. The molecular weight excluding hydrogens is 264 g/mol. The SMILES string of the molecule is Cc1sc(NCCCS(C)(=O)=O)nc1C(=O)O. The van der Waals surface area contributed by atoms with Crippen LogP contribution in [0.25, 0.3) is 0 Å². The van der Waals surface area contributed by atoms with Gasteiger partial charge in [-0.3, -0.25) is 0 Å². The average molecular weight is 278 g/mol. The van der Waals surface area contributed by atoms with Crippen LogP contribution >= 0.6 is 11.3 Å². The highest BCUT2D eigenvalue weighted by Crippen LogP contribution is 2.21. The van der Waals surface area contributed by atoms with Crippen LogP contribution in [0.5, 0.6) is 0 Å². The minimum atomic E-state index is -2.95. The van der Waals surface area contributed by atoms with E-state index in [2.05, 4.69) is 10.3 Å². The second-order valence-corrected chi connectivity index (χ2v) is 7.10. The van der Waals surface area contributed by atoms with Gasteiger partial charge in [0.05, 0.1) is 5.75 Å². The Labute approximate surface area is 104 Å². The fourth-order valence-corrected chi connectivity index (χ4v) is 2.70. The lowest BCUT2D eigenvalue weighted by molar-refractivity contribution is 0.0690. The summed E-state index contributed by atoms with van der Waals surface area (Å²) in [5, 5.41) is 12.2. The Morgan fingerprint density at radius 3 is 2.65 bits per heavy atom. The minimum absolute atomic E-state index is 0.0422. The molecule has 0 amide bonds. The predicted octanol–water partition coefficient (Wildman–Crippen LogP) is 0.996. The van der Waals surface area contributed by atoms with E-state index in [0.717, 1.165) is 0 Å². The molecule has 96 valence electrons. The van der Waals surface area contributed by atoms with Crippen molar-refractivity contribution >= 4 is 32.3 Å². The van der Waals surface area contributed by atoms with Crippen molar-refractivity contribution in [2.75, 3.05) is 23.9 Å². The van der Waals surface area contributed by atoms with Crippen molar-refractivity contribution in [1.82, 2.24) is 4.98 Å². The Hall–Kier alpha value is -1.15. The van der Waals surface area contributed by atoms with Gasteiger partial charge in [0.15, 0.2) is 10.8 Å². The minimum Gasteiger partial charge on any atom is -0.476 e. The van der Waals surface area contributed by atoms with Crippen LogP contribution in [0, 0.1) is 6.92 Å². The lowest BCUT2D eigenvalue weighted by Crippen LogP contribution is -2.09. The molecule has 1 heterocycles. The zero-order valence-electron chi connectivity index (χ0n) is 9.56. The zero-order chi connectivity index (χ0) is 13.1. The van der Waals surface area contributed by atoms with Gasteiger partial charge in [-0.25, -0.2) is 18.2 Å². The maximum Gasteiger partial charge on any atom is 0.355 e. The fraction of sp³-hybridized carbons (Fsp3) is 0.556. The van der Waals surface area contributed by atoms with Gasteiger partial charge in [0.25, 0.3) is 0 Å². The molecule has 2 N–H and O–H groups in total. The first-order valence-electron chi connectivity index (χ1n) is 4.92. The highest BCUT2D eigenvalue weighted by Gasteiger charge is 2.13. The van der Waals surface area contributed by atoms with Gasteiger partial charge < -0.3 is 10.4 Å². The molecule has 1 aromatic rings. The number of anilines is 1. The molecule has 0 aliphatic heterocycles. The maximum absolute atomic E-state index is 10.9. The average Bonchev–Trinajstić information content (AvgIpc) is 2.53. The van der Waals surface area contributed by atoms with Gasteiger partial charge in [0, 0.05) is 17.7 Å². The van der Waals surface area contributed by atoms with Crippen molar-refractivity contribution in [3.8, 4) is 0 Å². The van der Waals surface area contributed by atoms with Crippen molar-refractivity contribution in [2.45, 2.75) is 13.3 Å². The summed E-state index contributed by atoms with van der Waals surface area (Å²) in [6.07, 6.45) is 1.66. The van der Waals surface area contributed by atoms with Crippen LogP contribution in [0.15, 0.2) is 0 Å². The number of sulfone groups is 1. The van der Waals surface area contributed by atoms with E-state index in [1.807, 2.05) is 0 Å². The summed E-state index contributed by atoms with van der Waals surface area (Å²) in [6.45, 7) is 2.14. The Morgan fingerprint density at radius 2 is 2.18 bits per heavy atom. The number of carboxylic acid groups (broad SMARTS) is 1. The molecule has 0 aliphatic carbocycles. The first kappa shape index (κ1) is 13.9. The van der Waals surface area contributed by atoms with Crippen LogP contribution in [-0.4, -0.2) is 43.0 Å². The molecule has 0 spiro atoms. The van der Waals surface area contributed by atoms with E-state index in [1.165, 1.54) is 17.6 Å². The van der Waals surface area contributed by atoms with Gasteiger partial charge in [-0.05, 0) is 13.3 Å². The van der Waals surface area contributed by atoms with Crippen molar-refractivity contribution in [3.05, 3.63) is 10.6 Å². The first-order chi connectivity index (χ1) is 7.79. The number of carboxylic acids is 1. The number of aromatic nitrogens is 1. The molecule has 0 saturated heterocycles. The molecule has 6 nitrogen and oxygen atoms in total. The summed E-state index contributed by atoms with van der Waals surface area (Å²) >= 11 is 1.25. The molecule has 1 rings (SSSR count). The topological polar surface area (TPSA) is 96.4 Å². The number of aryl methyl sites for hydroxylation is 1. The molecule has 0 radical (unpaired) electrons. The van der Waals surface area contributed by atoms with E-state index in [-0.39, 0.29) is 11.4 Å². The van der Waals surface area contributed by atoms with Crippen molar-refractivity contribution in [3.63, 3.8) is 0 Å². The van der Waals surface area contributed by atoms with Gasteiger partial charge >= 0.3 is 5.97 Å². The largest absolute Gasteiger partial charge is 0.476 e. The normalized spacial score (nSPS) is 11.4. The monoisotopic (exact) mass is 278 g/mol. The van der Waals surface area contributed by atoms with E-state index >= 15 is 0 Å². The highest BCUT2D eigenvalue weighted by molar-refractivity contribution is 7.90. The third-order valence-electron chi connectivity index (χ3n) is 1.97. The van der Waals surface area contributed by atoms with Crippen molar-refractivity contribution in [1.29, 1.82) is 0 Å². The summed E-state index contributed by atoms with van der Waals surface area (Å²) < 4.78 is 21.7. The number of aromatic carboxylic acids is 1. The highest BCUT2D eigenvalue weighted by atomic mass is 32.2. The molecule has 0 aromatic carbocycles. The van der Waals surface area contributed by atoms with Crippen LogP contribution in [0.3, 0.4) is 0 Å². The standard InChI is InChI=1S/C9H14N2O4S2/c1-6-7(8(12)13)11-9(16-6)10-4-3-5-17(2,14)15/h3-5H2,1-2H3,(H,10,11)(H,12,13). The Morgan fingerprint density at radius 1 is 1.53 bits per heavy atom. The lowest BCUT2D eigenvalue weighted by atomic mass is 10.4. The summed E-state index contributed by atoms with van der Waals surface area (Å²) in [5.74, 6) is -0.946.